The first-order valence-corrected chi connectivity index (χ1v) is 24.0. The highest BCUT2D eigenvalue weighted by atomic mass is 79.9. The monoisotopic (exact) mass is 1090 g/mol. The molecule has 7 heterocycles. The van der Waals surface area contributed by atoms with Crippen LogP contribution in [0.3, 0.4) is 0 Å². The molecule has 1 saturated heterocycles. The van der Waals surface area contributed by atoms with E-state index >= 15 is 0 Å². The van der Waals surface area contributed by atoms with Gasteiger partial charge in [0.2, 0.25) is 10.6 Å². The number of anilines is 4. The Bertz CT molecular complexity index is 3050. The number of nitrogens with zero attached hydrogens (tertiary/aromatic N) is 6. The normalized spacial score (nSPS) is 14.0. The van der Waals surface area contributed by atoms with Gasteiger partial charge in [-0.25, -0.2) is 24.7 Å². The van der Waals surface area contributed by atoms with Gasteiger partial charge in [0.25, 0.3) is 0 Å². The number of aromatic carboxylic acids is 1. The van der Waals surface area contributed by atoms with Crippen LogP contribution < -0.4 is 16.4 Å². The fraction of sp³-hybridized carbons (Fsp3) is 0.143. The van der Waals surface area contributed by atoms with Crippen molar-refractivity contribution in [3.05, 3.63) is 168 Å². The van der Waals surface area contributed by atoms with Crippen molar-refractivity contribution in [2.75, 3.05) is 30.4 Å². The van der Waals surface area contributed by atoms with Gasteiger partial charge in [0.05, 0.1) is 25.4 Å². The minimum atomic E-state index is -0.864. The van der Waals surface area contributed by atoms with Gasteiger partial charge in [0, 0.05) is 80.3 Å². The van der Waals surface area contributed by atoms with Crippen LogP contribution in [0.4, 0.5) is 23.0 Å². The highest BCUT2D eigenvalue weighted by molar-refractivity contribution is 9.10. The fourth-order valence-corrected chi connectivity index (χ4v) is 8.64. The van der Waals surface area contributed by atoms with Crippen molar-refractivity contribution in [2.45, 2.75) is 25.9 Å². The van der Waals surface area contributed by atoms with E-state index in [0.29, 0.717) is 28.2 Å². The van der Waals surface area contributed by atoms with E-state index in [9.17, 15) is 9.59 Å². The van der Waals surface area contributed by atoms with Crippen LogP contribution in [0.1, 0.15) is 50.2 Å². The second kappa shape index (κ2) is 24.2. The molecule has 3 aliphatic rings. The molecule has 3 aliphatic heterocycles. The third-order valence-electron chi connectivity index (χ3n) is 9.92. The Labute approximate surface area is 422 Å². The number of carbonyl (C=O) groups excluding carboxylic acids is 1. The summed E-state index contributed by atoms with van der Waals surface area (Å²) in [7, 11) is 0. The largest absolute Gasteiger partial charge is 0.477 e. The lowest BCUT2D eigenvalue weighted by Crippen LogP contribution is -2.18. The molecule has 8 aromatic rings. The van der Waals surface area contributed by atoms with E-state index in [2.05, 4.69) is 89.5 Å². The Morgan fingerprint density at radius 3 is 2.09 bits per heavy atom. The number of hydrogen-bond donors (Lipinski definition) is 5. The van der Waals surface area contributed by atoms with Crippen molar-refractivity contribution >= 4 is 140 Å². The molecule has 0 radical (unpaired) electrons. The number of carbonyl (C=O) groups is 2. The first-order valence-electron chi connectivity index (χ1n) is 20.8. The maximum Gasteiger partial charge on any atom is 0.345 e. The Morgan fingerprint density at radius 2 is 1.49 bits per heavy atom. The molecule has 68 heavy (non-hydrogen) atoms. The molecule has 19 heteroatoms. The number of aromatic amines is 1. The standard InChI is InChI=1S/C14H11ClN4.C12H9ClN4.C10H8BrNO.C9H5BrO2S.C4H9NO/c15-14-17-8-6-13(19-14)18-12-3-1-10(2-4-12)11-5-7-16-9-11;13-12-15-4-3-11(17-12)16-10-2-1-8-6-14-7-9(8)5-10;1-6(13)9-4-7-2-3-8(11)5-10(7)12-9;10-6-2-1-5-3-8(9(11)12)13-7(5)4-6;5-4-1-2-6-3-4/h1-6,8-9H,7H2,(H,17,18,19);1-5,7H,6H2,(H,15,16,17);2-5,12H,1H3;1-4H,(H,11,12);4H,1-3,5H2. The fourth-order valence-electron chi connectivity index (χ4n) is 6.53. The van der Waals surface area contributed by atoms with Gasteiger partial charge in [-0.05, 0) is 130 Å². The summed E-state index contributed by atoms with van der Waals surface area (Å²) in [5, 5.41) is 17.6. The van der Waals surface area contributed by atoms with Gasteiger partial charge < -0.3 is 31.2 Å². The molecule has 14 nitrogen and oxygen atoms in total. The number of hydrogen-bond acceptors (Lipinski definition) is 13. The summed E-state index contributed by atoms with van der Waals surface area (Å²) in [6, 6.07) is 33.3. The maximum atomic E-state index is 11.1. The predicted molar refractivity (Wildman–Crippen MR) is 282 cm³/mol. The summed E-state index contributed by atoms with van der Waals surface area (Å²) in [6.45, 7) is 4.73. The van der Waals surface area contributed by atoms with Crippen LogP contribution in [0, 0.1) is 0 Å². The van der Waals surface area contributed by atoms with Crippen LogP contribution in [0.5, 0.6) is 0 Å². The van der Waals surface area contributed by atoms with E-state index in [-0.39, 0.29) is 16.4 Å². The first kappa shape index (κ1) is 49.7. The molecular weight excluding hydrogens is 1060 g/mol. The maximum absolute atomic E-state index is 11.1. The molecule has 1 fully saturated rings. The molecule has 4 aromatic carbocycles. The van der Waals surface area contributed by atoms with Crippen molar-refractivity contribution in [2.24, 2.45) is 15.7 Å². The SMILES string of the molecule is CC(=O)c1cc2ccc(Br)cc2[nH]1.Clc1nccc(Nc2ccc(C3=CCN=C3)cc2)n1.Clc1nccc(Nc2ccc3c(c2)C=NC3)n1.NC1CCOC1.O=C(O)c1cc2ccc(Br)cc2s1. The number of carboxylic acids is 1. The number of aromatic nitrogens is 5. The summed E-state index contributed by atoms with van der Waals surface area (Å²) in [6.07, 6.45) is 10.2. The van der Waals surface area contributed by atoms with E-state index < -0.39 is 5.97 Å². The zero-order valence-corrected chi connectivity index (χ0v) is 41.7. The molecule has 346 valence electrons. The van der Waals surface area contributed by atoms with E-state index in [1.807, 2.05) is 91.3 Å². The highest BCUT2D eigenvalue weighted by Gasteiger charge is 2.10. The number of H-pyrrole nitrogens is 1. The second-order valence-corrected chi connectivity index (χ2v) is 18.6. The Balaban J connectivity index is 0.000000130. The number of ketones is 1. The number of halogens is 4. The van der Waals surface area contributed by atoms with Crippen molar-refractivity contribution in [3.8, 4) is 0 Å². The summed E-state index contributed by atoms with van der Waals surface area (Å²) in [4.78, 5) is 49.4. The quantitative estimate of drug-likeness (QED) is 0.0750. The number of fused-ring (bicyclic) bond motifs is 3. The number of Topliss-reactive ketones (excluding diaryl/α,β-unsaturated/α-hetero) is 1. The minimum Gasteiger partial charge on any atom is -0.477 e. The van der Waals surface area contributed by atoms with Gasteiger partial charge >= 0.3 is 5.97 Å². The topological polar surface area (TPSA) is 206 Å². The van der Waals surface area contributed by atoms with Gasteiger partial charge in [0.1, 0.15) is 16.5 Å². The average molecular weight is 1100 g/mol. The molecule has 0 spiro atoms. The number of thiophene rings is 1. The molecule has 1 unspecified atom stereocenters. The van der Waals surface area contributed by atoms with Gasteiger partial charge in [-0.15, -0.1) is 11.3 Å². The molecule has 0 amide bonds. The lowest BCUT2D eigenvalue weighted by atomic mass is 10.1. The summed E-state index contributed by atoms with van der Waals surface area (Å²) in [5.41, 5.74) is 13.7. The van der Waals surface area contributed by atoms with Crippen molar-refractivity contribution in [1.29, 1.82) is 0 Å². The van der Waals surface area contributed by atoms with Crippen LogP contribution in [0.15, 0.2) is 141 Å². The van der Waals surface area contributed by atoms with Gasteiger partial charge in [-0.2, -0.15) is 0 Å². The van der Waals surface area contributed by atoms with Crippen LogP contribution >= 0.6 is 66.4 Å². The number of aliphatic imine (C=N–C) groups is 2. The minimum absolute atomic E-state index is 0.0623. The van der Waals surface area contributed by atoms with Gasteiger partial charge in [0.15, 0.2) is 5.78 Å². The van der Waals surface area contributed by atoms with E-state index in [1.54, 1.807) is 37.5 Å². The molecule has 0 saturated carbocycles. The van der Waals surface area contributed by atoms with Crippen molar-refractivity contribution in [3.63, 3.8) is 0 Å². The average Bonchev–Trinajstić information content (AvgIpc) is 4.19. The lowest BCUT2D eigenvalue weighted by Gasteiger charge is -2.06. The third-order valence-corrected chi connectivity index (χ3v) is 12.4. The Kier molecular flexibility index (Phi) is 17.7. The number of nitrogens with two attached hydrogens (primary N) is 1. The lowest BCUT2D eigenvalue weighted by molar-refractivity contribution is 0.0702. The molecule has 1 atom stereocenters. The van der Waals surface area contributed by atoms with Crippen LogP contribution in [0.25, 0.3) is 26.6 Å². The summed E-state index contributed by atoms with van der Waals surface area (Å²) >= 11 is 19.5. The molecular formula is C49H42Br2Cl2N10O4S. The van der Waals surface area contributed by atoms with Crippen molar-refractivity contribution < 1.29 is 19.4 Å². The predicted octanol–water partition coefficient (Wildman–Crippen LogP) is 12.4. The van der Waals surface area contributed by atoms with Crippen LogP contribution in [-0.2, 0) is 11.3 Å². The van der Waals surface area contributed by atoms with Gasteiger partial charge in [-0.1, -0.05) is 68.3 Å². The number of benzene rings is 4. The van der Waals surface area contributed by atoms with Gasteiger partial charge in [-0.3, -0.25) is 14.8 Å². The number of carboxylic acid groups (broad SMARTS) is 1. The van der Waals surface area contributed by atoms with Crippen molar-refractivity contribution in [1.82, 2.24) is 24.9 Å². The van der Waals surface area contributed by atoms with E-state index in [4.69, 9.17) is 38.8 Å². The third kappa shape index (κ3) is 14.7. The summed E-state index contributed by atoms with van der Waals surface area (Å²) < 4.78 is 7.91. The molecule has 11 rings (SSSR count). The first-order chi connectivity index (χ1) is 32.8. The number of allylic oxidation sites excluding steroid dienone is 1. The highest BCUT2D eigenvalue weighted by Crippen LogP contribution is 2.29. The van der Waals surface area contributed by atoms with Crippen LogP contribution in [0.2, 0.25) is 10.6 Å². The van der Waals surface area contributed by atoms with Crippen LogP contribution in [-0.4, -0.2) is 80.0 Å². The van der Waals surface area contributed by atoms with E-state index in [1.165, 1.54) is 16.9 Å². The number of rotatable bonds is 7. The van der Waals surface area contributed by atoms with E-state index in [0.717, 1.165) is 90.7 Å². The number of ether oxygens (including phenoxy) is 1. The second-order valence-electron chi connectivity index (χ2n) is 15.0. The zero-order valence-electron chi connectivity index (χ0n) is 36.2. The Hall–Kier alpha value is -6.18. The number of nitrogens with one attached hydrogen (secondary N) is 3. The molecule has 0 aliphatic carbocycles. The molecule has 4 aromatic heterocycles. The molecule has 6 N–H and O–H groups in total. The molecule has 0 bridgehead atoms. The smallest absolute Gasteiger partial charge is 0.345 e. The zero-order chi connectivity index (χ0) is 48.0. The Morgan fingerprint density at radius 1 is 0.809 bits per heavy atom. The summed E-state index contributed by atoms with van der Waals surface area (Å²) in [5.74, 6) is 0.555.